The first-order valence-electron chi connectivity index (χ1n) is 3.76. The first-order valence-corrected chi connectivity index (χ1v) is 3.76. The fraction of sp³-hybridized carbons (Fsp3) is 0.625. The number of nitrogens with zero attached hydrogens (tertiary/aromatic N) is 1. The van der Waals surface area contributed by atoms with Gasteiger partial charge in [0.2, 0.25) is 0 Å². The average Bonchev–Trinajstić information content (AvgIpc) is 2.36. The van der Waals surface area contributed by atoms with Crippen LogP contribution in [0.3, 0.4) is 0 Å². The van der Waals surface area contributed by atoms with Crippen molar-refractivity contribution in [2.45, 2.75) is 19.8 Å². The van der Waals surface area contributed by atoms with Crippen molar-refractivity contribution in [3.05, 3.63) is 12.8 Å². The molecule has 1 aliphatic heterocycles. The van der Waals surface area contributed by atoms with Crippen LogP contribution in [0.5, 0.6) is 0 Å². The monoisotopic (exact) mass is 140 g/mol. The van der Waals surface area contributed by atoms with Crippen LogP contribution in [0.25, 0.3) is 0 Å². The molecule has 0 aromatic heterocycles. The van der Waals surface area contributed by atoms with Crippen LogP contribution in [-0.2, 0) is 4.74 Å². The van der Waals surface area contributed by atoms with Gasteiger partial charge in [-0.25, -0.2) is 0 Å². The van der Waals surface area contributed by atoms with E-state index in [0.717, 1.165) is 25.5 Å². The minimum Gasteiger partial charge on any atom is -0.448 e. The molecule has 0 spiro atoms. The summed E-state index contributed by atoms with van der Waals surface area (Å²) in [5, 5.41) is 0. The predicted molar refractivity (Wildman–Crippen MR) is 41.2 cm³/mol. The Labute approximate surface area is 61.8 Å². The van der Waals surface area contributed by atoms with Crippen molar-refractivity contribution < 1.29 is 9.31 Å². The van der Waals surface area contributed by atoms with E-state index in [0.29, 0.717) is 0 Å². The lowest BCUT2D eigenvalue weighted by molar-refractivity contribution is -0.456. The minimum absolute atomic E-state index is 0.764. The van der Waals surface area contributed by atoms with Crippen LogP contribution in [0.15, 0.2) is 12.8 Å². The Hall–Kier alpha value is -0.790. The van der Waals surface area contributed by atoms with Gasteiger partial charge < -0.3 is 4.74 Å². The number of ether oxygens (including phenoxy) is 1. The highest BCUT2D eigenvalue weighted by molar-refractivity contribution is 5.72. The van der Waals surface area contributed by atoms with E-state index in [2.05, 4.69) is 11.2 Å². The molecular formula is C8H14NO+. The molecule has 0 unspecified atom stereocenters. The highest BCUT2D eigenvalue weighted by Gasteiger charge is 2.20. The Morgan fingerprint density at radius 1 is 1.80 bits per heavy atom. The average molecular weight is 140 g/mol. The third-order valence-electron chi connectivity index (χ3n) is 1.64. The lowest BCUT2D eigenvalue weighted by atomic mass is 10.4. The fourth-order valence-electron chi connectivity index (χ4n) is 1.18. The second kappa shape index (κ2) is 3.40. The van der Waals surface area contributed by atoms with Crippen LogP contribution in [0.1, 0.15) is 19.8 Å². The highest BCUT2D eigenvalue weighted by Crippen LogP contribution is 2.05. The SMILES string of the molecule is C=C[N+]1=C(OCC)CCC1. The van der Waals surface area contributed by atoms with E-state index in [1.807, 2.05) is 13.1 Å². The molecule has 0 N–H and O–H groups in total. The Balaban J connectivity index is 2.58. The van der Waals surface area contributed by atoms with E-state index in [9.17, 15) is 0 Å². The number of rotatable bonds is 2. The van der Waals surface area contributed by atoms with Crippen LogP contribution in [0, 0.1) is 0 Å². The molecule has 1 aliphatic rings. The Morgan fingerprint density at radius 2 is 2.60 bits per heavy atom. The molecule has 0 atom stereocenters. The smallest absolute Gasteiger partial charge is 0.341 e. The van der Waals surface area contributed by atoms with Crippen molar-refractivity contribution in [2.75, 3.05) is 13.2 Å². The summed E-state index contributed by atoms with van der Waals surface area (Å²) in [4.78, 5) is 0. The molecule has 0 aliphatic carbocycles. The van der Waals surface area contributed by atoms with Gasteiger partial charge in [0.25, 0.3) is 0 Å². The largest absolute Gasteiger partial charge is 0.448 e. The van der Waals surface area contributed by atoms with E-state index in [4.69, 9.17) is 4.74 Å². The molecule has 0 aromatic rings. The Kier molecular flexibility index (Phi) is 2.49. The summed E-state index contributed by atoms with van der Waals surface area (Å²) in [6, 6.07) is 0. The highest BCUT2D eigenvalue weighted by atomic mass is 16.5. The van der Waals surface area contributed by atoms with Crippen molar-refractivity contribution in [1.82, 2.24) is 0 Å². The molecule has 0 radical (unpaired) electrons. The van der Waals surface area contributed by atoms with Gasteiger partial charge in [0.05, 0.1) is 13.0 Å². The molecule has 1 heterocycles. The zero-order valence-corrected chi connectivity index (χ0v) is 6.47. The van der Waals surface area contributed by atoms with Gasteiger partial charge in [-0.05, 0) is 13.5 Å². The lowest BCUT2D eigenvalue weighted by Gasteiger charge is -1.96. The van der Waals surface area contributed by atoms with Crippen molar-refractivity contribution in [3.8, 4) is 0 Å². The van der Waals surface area contributed by atoms with Gasteiger partial charge in [0.1, 0.15) is 0 Å². The molecule has 0 saturated heterocycles. The first kappa shape index (κ1) is 7.32. The van der Waals surface area contributed by atoms with Gasteiger partial charge in [0.15, 0.2) is 12.7 Å². The fourth-order valence-corrected chi connectivity index (χ4v) is 1.18. The first-order chi connectivity index (χ1) is 4.88. The molecule has 1 rings (SSSR count). The molecule has 0 amide bonds. The number of hydrogen-bond acceptors (Lipinski definition) is 1. The van der Waals surface area contributed by atoms with Crippen LogP contribution < -0.4 is 0 Å². The quantitative estimate of drug-likeness (QED) is 0.528. The van der Waals surface area contributed by atoms with Crippen molar-refractivity contribution in [2.24, 2.45) is 0 Å². The standard InChI is InChI=1S/C8H14NO/c1-3-9-7-5-6-8(9)10-4-2/h3H,1,4-7H2,2H3/q+1. The summed E-state index contributed by atoms with van der Waals surface area (Å²) in [6.45, 7) is 7.54. The maximum absolute atomic E-state index is 5.38. The van der Waals surface area contributed by atoms with E-state index in [-0.39, 0.29) is 0 Å². The molecule has 56 valence electrons. The van der Waals surface area contributed by atoms with Gasteiger partial charge in [0, 0.05) is 6.42 Å². The van der Waals surface area contributed by atoms with Crippen LogP contribution >= 0.6 is 0 Å². The molecule has 10 heavy (non-hydrogen) atoms. The third-order valence-corrected chi connectivity index (χ3v) is 1.64. The summed E-state index contributed by atoms with van der Waals surface area (Å²) in [5.41, 5.74) is 0. The van der Waals surface area contributed by atoms with E-state index in [1.165, 1.54) is 6.42 Å². The van der Waals surface area contributed by atoms with E-state index >= 15 is 0 Å². The summed E-state index contributed by atoms with van der Waals surface area (Å²) in [7, 11) is 0. The second-order valence-corrected chi connectivity index (χ2v) is 2.31. The topological polar surface area (TPSA) is 12.2 Å². The molecule has 0 aromatic carbocycles. The van der Waals surface area contributed by atoms with Crippen molar-refractivity contribution in [1.29, 1.82) is 0 Å². The summed E-state index contributed by atoms with van der Waals surface area (Å²) in [5.74, 6) is 1.08. The zero-order chi connectivity index (χ0) is 7.40. The summed E-state index contributed by atoms with van der Waals surface area (Å²) in [6.07, 6.45) is 4.10. The van der Waals surface area contributed by atoms with Crippen molar-refractivity contribution in [3.63, 3.8) is 0 Å². The predicted octanol–water partition coefficient (Wildman–Crippen LogP) is 1.37. The molecule has 0 fully saturated rings. The zero-order valence-electron chi connectivity index (χ0n) is 6.47. The third kappa shape index (κ3) is 1.38. The van der Waals surface area contributed by atoms with Gasteiger partial charge in [-0.2, -0.15) is 4.58 Å². The van der Waals surface area contributed by atoms with E-state index < -0.39 is 0 Å². The van der Waals surface area contributed by atoms with Crippen molar-refractivity contribution >= 4 is 5.90 Å². The molecule has 0 saturated carbocycles. The number of hydrogen-bond donors (Lipinski definition) is 0. The van der Waals surface area contributed by atoms with Crippen LogP contribution in [0.4, 0.5) is 0 Å². The minimum atomic E-state index is 0.764. The Morgan fingerprint density at radius 3 is 3.20 bits per heavy atom. The van der Waals surface area contributed by atoms with Gasteiger partial charge in [-0.15, -0.1) is 0 Å². The van der Waals surface area contributed by atoms with Gasteiger partial charge in [-0.1, -0.05) is 0 Å². The summed E-state index contributed by atoms with van der Waals surface area (Å²) < 4.78 is 7.45. The summed E-state index contributed by atoms with van der Waals surface area (Å²) >= 11 is 0. The van der Waals surface area contributed by atoms with E-state index in [1.54, 1.807) is 0 Å². The maximum Gasteiger partial charge on any atom is 0.341 e. The lowest BCUT2D eigenvalue weighted by Crippen LogP contribution is -2.11. The van der Waals surface area contributed by atoms with Gasteiger partial charge in [-0.3, -0.25) is 0 Å². The second-order valence-electron chi connectivity index (χ2n) is 2.31. The Bertz CT molecular complexity index is 161. The molecular weight excluding hydrogens is 126 g/mol. The van der Waals surface area contributed by atoms with Gasteiger partial charge >= 0.3 is 5.90 Å². The molecule has 0 bridgehead atoms. The molecule has 2 heteroatoms. The van der Waals surface area contributed by atoms with Crippen LogP contribution in [0.2, 0.25) is 0 Å². The maximum atomic E-state index is 5.38. The normalized spacial score (nSPS) is 17.7. The van der Waals surface area contributed by atoms with Crippen LogP contribution in [-0.4, -0.2) is 23.6 Å². The molecule has 2 nitrogen and oxygen atoms in total.